The van der Waals surface area contributed by atoms with Crippen molar-refractivity contribution >= 4 is 11.7 Å². The summed E-state index contributed by atoms with van der Waals surface area (Å²) in [6.45, 7) is 0.466. The second kappa shape index (κ2) is 4.28. The van der Waals surface area contributed by atoms with Crippen LogP contribution in [0.3, 0.4) is 0 Å². The van der Waals surface area contributed by atoms with Crippen molar-refractivity contribution in [2.75, 3.05) is 18.5 Å². The number of hydrogen-bond donors (Lipinski definition) is 1. The van der Waals surface area contributed by atoms with Crippen LogP contribution in [0.2, 0.25) is 0 Å². The Hall–Kier alpha value is -2.02. The van der Waals surface area contributed by atoms with Crippen molar-refractivity contribution in [3.63, 3.8) is 0 Å². The number of carboxylic acid groups (broad SMARTS) is 1. The lowest BCUT2D eigenvalue weighted by Crippen LogP contribution is -2.17. The number of terminal acetylenes is 1. The van der Waals surface area contributed by atoms with Gasteiger partial charge in [0.1, 0.15) is 5.69 Å². The average molecular weight is 190 g/mol. The second-order valence-corrected chi connectivity index (χ2v) is 2.77. The number of carboxylic acids is 1. The predicted molar refractivity (Wildman–Crippen MR) is 53.3 cm³/mol. The van der Waals surface area contributed by atoms with Gasteiger partial charge in [0, 0.05) is 7.05 Å². The number of aromatic carboxylic acids is 1. The third-order valence-corrected chi connectivity index (χ3v) is 1.74. The van der Waals surface area contributed by atoms with Crippen molar-refractivity contribution in [3.8, 4) is 12.3 Å². The Bertz CT molecular complexity index is 365. The minimum absolute atomic E-state index is 0.0304. The van der Waals surface area contributed by atoms with Gasteiger partial charge in [-0.15, -0.1) is 6.42 Å². The molecule has 4 heteroatoms. The van der Waals surface area contributed by atoms with Gasteiger partial charge in [0.25, 0.3) is 0 Å². The molecule has 0 aromatic carbocycles. The minimum atomic E-state index is -1.03. The summed E-state index contributed by atoms with van der Waals surface area (Å²) in [4.78, 5) is 16.1. The molecule has 72 valence electrons. The largest absolute Gasteiger partial charge is 0.477 e. The summed E-state index contributed by atoms with van der Waals surface area (Å²) < 4.78 is 0. The number of hydrogen-bond acceptors (Lipinski definition) is 3. The molecule has 0 saturated carbocycles. The highest BCUT2D eigenvalue weighted by molar-refractivity contribution is 5.85. The zero-order valence-corrected chi connectivity index (χ0v) is 7.77. The third kappa shape index (κ3) is 2.23. The molecule has 14 heavy (non-hydrogen) atoms. The fourth-order valence-electron chi connectivity index (χ4n) is 0.967. The molecule has 0 aliphatic rings. The molecule has 0 amide bonds. The van der Waals surface area contributed by atoms with Crippen LogP contribution < -0.4 is 4.90 Å². The maximum Gasteiger partial charge on any atom is 0.354 e. The molecule has 0 spiro atoms. The zero-order chi connectivity index (χ0) is 10.6. The van der Waals surface area contributed by atoms with E-state index < -0.39 is 5.97 Å². The fourth-order valence-corrected chi connectivity index (χ4v) is 0.967. The van der Waals surface area contributed by atoms with Crippen molar-refractivity contribution in [1.29, 1.82) is 0 Å². The molecule has 0 fully saturated rings. The molecule has 0 aliphatic heterocycles. The fraction of sp³-hybridized carbons (Fsp3) is 0.200. The Kier molecular flexibility index (Phi) is 3.08. The van der Waals surface area contributed by atoms with Gasteiger partial charge < -0.3 is 10.0 Å². The van der Waals surface area contributed by atoms with Gasteiger partial charge in [0.2, 0.25) is 0 Å². The van der Waals surface area contributed by atoms with Crippen LogP contribution in [0.15, 0.2) is 18.3 Å². The van der Waals surface area contributed by atoms with Crippen LogP contribution in [0.4, 0.5) is 5.69 Å². The number of anilines is 1. The van der Waals surface area contributed by atoms with Crippen LogP contribution in [0.1, 0.15) is 10.5 Å². The standard InChI is InChI=1S/C10H10N2O2/c1-3-6-12(2)8-4-5-9(10(13)14)11-7-8/h1,4-5,7H,6H2,2H3,(H,13,14). The predicted octanol–water partition coefficient (Wildman–Crippen LogP) is 0.849. The first-order valence-electron chi connectivity index (χ1n) is 3.99. The molecule has 0 radical (unpaired) electrons. The Labute approximate surface area is 82.2 Å². The van der Waals surface area contributed by atoms with Gasteiger partial charge in [0.05, 0.1) is 18.4 Å². The first kappa shape index (κ1) is 10.1. The molecule has 1 heterocycles. The lowest BCUT2D eigenvalue weighted by atomic mass is 10.3. The van der Waals surface area contributed by atoms with E-state index in [0.717, 1.165) is 5.69 Å². The smallest absolute Gasteiger partial charge is 0.354 e. The van der Waals surface area contributed by atoms with Gasteiger partial charge in [0.15, 0.2) is 0 Å². The maximum absolute atomic E-state index is 10.5. The van der Waals surface area contributed by atoms with E-state index in [0.29, 0.717) is 6.54 Å². The van der Waals surface area contributed by atoms with Crippen molar-refractivity contribution in [1.82, 2.24) is 4.98 Å². The van der Waals surface area contributed by atoms with Crippen molar-refractivity contribution < 1.29 is 9.90 Å². The summed E-state index contributed by atoms with van der Waals surface area (Å²) >= 11 is 0. The van der Waals surface area contributed by atoms with Gasteiger partial charge in [-0.25, -0.2) is 9.78 Å². The Morgan fingerprint density at radius 3 is 2.86 bits per heavy atom. The molecular formula is C10H10N2O2. The summed E-state index contributed by atoms with van der Waals surface area (Å²) in [5, 5.41) is 8.61. The van der Waals surface area contributed by atoms with Gasteiger partial charge in [-0.3, -0.25) is 0 Å². The van der Waals surface area contributed by atoms with Crippen LogP contribution in [0.25, 0.3) is 0 Å². The molecule has 1 aromatic rings. The molecule has 0 aliphatic carbocycles. The molecule has 0 saturated heterocycles. The van der Waals surface area contributed by atoms with Crippen molar-refractivity contribution in [2.45, 2.75) is 0 Å². The number of rotatable bonds is 3. The summed E-state index contributed by atoms with van der Waals surface area (Å²) in [6, 6.07) is 3.12. The van der Waals surface area contributed by atoms with Gasteiger partial charge in [-0.05, 0) is 12.1 Å². The van der Waals surface area contributed by atoms with E-state index in [9.17, 15) is 4.79 Å². The Morgan fingerprint density at radius 2 is 2.43 bits per heavy atom. The normalized spacial score (nSPS) is 9.14. The quantitative estimate of drug-likeness (QED) is 0.718. The minimum Gasteiger partial charge on any atom is -0.477 e. The van der Waals surface area contributed by atoms with Crippen LogP contribution in [-0.4, -0.2) is 29.7 Å². The summed E-state index contributed by atoms with van der Waals surface area (Å²) in [6.07, 6.45) is 6.63. The van der Waals surface area contributed by atoms with Gasteiger partial charge in [-0.1, -0.05) is 5.92 Å². The van der Waals surface area contributed by atoms with E-state index >= 15 is 0 Å². The molecule has 0 bridgehead atoms. The van der Waals surface area contributed by atoms with Crippen LogP contribution in [0, 0.1) is 12.3 Å². The SMILES string of the molecule is C#CCN(C)c1ccc(C(=O)O)nc1. The highest BCUT2D eigenvalue weighted by atomic mass is 16.4. The summed E-state index contributed by atoms with van der Waals surface area (Å²) in [7, 11) is 1.82. The summed E-state index contributed by atoms with van der Waals surface area (Å²) in [5.41, 5.74) is 0.829. The number of nitrogens with zero attached hydrogens (tertiary/aromatic N) is 2. The van der Waals surface area contributed by atoms with Crippen molar-refractivity contribution in [2.24, 2.45) is 0 Å². The molecular weight excluding hydrogens is 180 g/mol. The number of aromatic nitrogens is 1. The number of carbonyl (C=O) groups is 1. The topological polar surface area (TPSA) is 53.4 Å². The Morgan fingerprint density at radius 1 is 1.71 bits per heavy atom. The monoisotopic (exact) mass is 190 g/mol. The molecule has 1 rings (SSSR count). The van der Waals surface area contributed by atoms with E-state index in [-0.39, 0.29) is 5.69 Å². The van der Waals surface area contributed by atoms with E-state index in [1.807, 2.05) is 7.05 Å². The first-order chi connectivity index (χ1) is 6.65. The van der Waals surface area contributed by atoms with E-state index in [1.165, 1.54) is 12.3 Å². The molecule has 4 nitrogen and oxygen atoms in total. The average Bonchev–Trinajstić information content (AvgIpc) is 2.18. The second-order valence-electron chi connectivity index (χ2n) is 2.77. The van der Waals surface area contributed by atoms with Gasteiger partial charge >= 0.3 is 5.97 Å². The highest BCUT2D eigenvalue weighted by Gasteiger charge is 2.04. The first-order valence-corrected chi connectivity index (χ1v) is 3.99. The Balaban J connectivity index is 2.84. The lowest BCUT2D eigenvalue weighted by molar-refractivity contribution is 0.0690. The van der Waals surface area contributed by atoms with Crippen LogP contribution in [-0.2, 0) is 0 Å². The third-order valence-electron chi connectivity index (χ3n) is 1.74. The lowest BCUT2D eigenvalue weighted by Gasteiger charge is -2.14. The maximum atomic E-state index is 10.5. The molecule has 0 atom stereocenters. The van der Waals surface area contributed by atoms with Crippen molar-refractivity contribution in [3.05, 3.63) is 24.0 Å². The van der Waals surface area contributed by atoms with Crippen LogP contribution >= 0.6 is 0 Å². The zero-order valence-electron chi connectivity index (χ0n) is 7.77. The van der Waals surface area contributed by atoms with Gasteiger partial charge in [-0.2, -0.15) is 0 Å². The van der Waals surface area contributed by atoms with Crippen LogP contribution in [0.5, 0.6) is 0 Å². The molecule has 1 aromatic heterocycles. The van der Waals surface area contributed by atoms with E-state index in [1.54, 1.807) is 11.0 Å². The van der Waals surface area contributed by atoms with E-state index in [4.69, 9.17) is 11.5 Å². The van der Waals surface area contributed by atoms with E-state index in [2.05, 4.69) is 10.9 Å². The molecule has 1 N–H and O–H groups in total. The highest BCUT2D eigenvalue weighted by Crippen LogP contribution is 2.10. The molecule has 0 unspecified atom stereocenters. The number of pyridine rings is 1. The summed E-state index contributed by atoms with van der Waals surface area (Å²) in [5.74, 6) is 1.45.